The Morgan fingerprint density at radius 1 is 1.41 bits per heavy atom. The number of nitriles is 2. The topological polar surface area (TPSA) is 117 Å². The third kappa shape index (κ3) is 3.69. The second-order valence-corrected chi connectivity index (χ2v) is 6.66. The third-order valence-corrected chi connectivity index (χ3v) is 4.80. The number of nitrogens with zero attached hydrogens (tertiary/aromatic N) is 2. The van der Waals surface area contributed by atoms with Gasteiger partial charge in [-0.05, 0) is 25.8 Å². The van der Waals surface area contributed by atoms with E-state index in [1.54, 1.807) is 6.92 Å². The molecule has 0 aliphatic heterocycles. The number of pyridine rings is 1. The molecule has 4 N–H and O–H groups in total. The summed E-state index contributed by atoms with van der Waals surface area (Å²) >= 11 is 1.24. The van der Waals surface area contributed by atoms with Crippen molar-refractivity contribution >= 4 is 23.5 Å². The van der Waals surface area contributed by atoms with Crippen molar-refractivity contribution in [1.82, 2.24) is 5.32 Å². The zero-order valence-electron chi connectivity index (χ0n) is 12.3. The molecule has 22 heavy (non-hydrogen) atoms. The van der Waals surface area contributed by atoms with Crippen LogP contribution in [0.5, 0.6) is 0 Å². The fourth-order valence-electron chi connectivity index (χ4n) is 2.43. The molecule has 1 aliphatic rings. The highest BCUT2D eigenvalue weighted by molar-refractivity contribution is 8.00. The predicted molar refractivity (Wildman–Crippen MR) is 82.6 cm³/mol. The van der Waals surface area contributed by atoms with Crippen molar-refractivity contribution in [3.8, 4) is 12.1 Å². The maximum atomic E-state index is 12.2. The van der Waals surface area contributed by atoms with Crippen LogP contribution in [0.1, 0.15) is 43.7 Å². The second kappa shape index (κ2) is 7.15. The number of nitrogens with one attached hydrogen (secondary N) is 2. The molecule has 0 bridgehead atoms. The van der Waals surface area contributed by atoms with E-state index in [9.17, 15) is 10.1 Å². The van der Waals surface area contributed by atoms with E-state index in [0.717, 1.165) is 25.7 Å². The van der Waals surface area contributed by atoms with Crippen LogP contribution in [0.2, 0.25) is 0 Å². The molecule has 1 aliphatic carbocycles. The molecule has 0 unspecified atom stereocenters. The molecule has 114 valence electrons. The van der Waals surface area contributed by atoms with Gasteiger partial charge in [0.2, 0.25) is 5.91 Å². The van der Waals surface area contributed by atoms with Crippen molar-refractivity contribution in [2.45, 2.75) is 48.9 Å². The Morgan fingerprint density at radius 2 is 2.05 bits per heavy atom. The molecule has 0 saturated heterocycles. The quantitative estimate of drug-likeness (QED) is 0.813. The average Bonchev–Trinajstić information content (AvgIpc) is 3.00. The highest BCUT2D eigenvalue weighted by atomic mass is 32.2. The third-order valence-electron chi connectivity index (χ3n) is 3.68. The standard InChI is InChI=1S/C15H17N5OS/c1-9(14(21)19-12-4-2-3-5-12)22-15-11(8-17)6-10(7-16)13(18)20-15/h6,9,12H,2-5H2,1H3,(H2,18,20)(H,19,21)/p+1/t9-/m0/s1. The van der Waals surface area contributed by atoms with Gasteiger partial charge in [-0.15, -0.1) is 0 Å². The van der Waals surface area contributed by atoms with Gasteiger partial charge in [-0.25, -0.2) is 4.98 Å². The molecular weight excluding hydrogens is 298 g/mol. The first kappa shape index (κ1) is 16.1. The van der Waals surface area contributed by atoms with Crippen molar-refractivity contribution in [2.24, 2.45) is 0 Å². The summed E-state index contributed by atoms with van der Waals surface area (Å²) in [5, 5.41) is 21.3. The summed E-state index contributed by atoms with van der Waals surface area (Å²) < 4.78 is 0. The molecule has 7 heteroatoms. The number of aromatic nitrogens is 1. The van der Waals surface area contributed by atoms with Crippen LogP contribution in [0.15, 0.2) is 11.1 Å². The zero-order valence-corrected chi connectivity index (χ0v) is 13.2. The number of rotatable bonds is 4. The number of carbonyl (C=O) groups excluding carboxylic acids is 1. The van der Waals surface area contributed by atoms with Crippen molar-refractivity contribution in [3.63, 3.8) is 0 Å². The van der Waals surface area contributed by atoms with Crippen LogP contribution < -0.4 is 16.0 Å². The number of hydrogen-bond acceptors (Lipinski definition) is 5. The van der Waals surface area contributed by atoms with Gasteiger partial charge in [0, 0.05) is 6.04 Å². The number of hydrogen-bond donors (Lipinski definition) is 2. The van der Waals surface area contributed by atoms with Crippen LogP contribution in [-0.4, -0.2) is 17.2 Å². The number of thioether (sulfide) groups is 1. The molecule has 1 aromatic heterocycles. The normalized spacial score (nSPS) is 15.8. The molecule has 1 amide bonds. The Hall–Kier alpha value is -2.25. The van der Waals surface area contributed by atoms with Gasteiger partial charge in [0.1, 0.15) is 23.3 Å². The van der Waals surface area contributed by atoms with E-state index in [1.807, 2.05) is 12.1 Å². The lowest BCUT2D eigenvalue weighted by atomic mass is 10.2. The maximum absolute atomic E-state index is 12.2. The minimum absolute atomic E-state index is 0.0443. The molecule has 2 rings (SSSR count). The number of nitrogen functional groups attached to an aromatic ring is 1. The molecule has 0 radical (unpaired) electrons. The van der Waals surface area contributed by atoms with Crippen LogP contribution in [0, 0.1) is 22.7 Å². The van der Waals surface area contributed by atoms with Crippen molar-refractivity contribution in [3.05, 3.63) is 17.2 Å². The molecule has 1 aromatic rings. The fourth-order valence-corrected chi connectivity index (χ4v) is 3.36. The number of H-pyrrole nitrogens is 1. The van der Waals surface area contributed by atoms with Crippen molar-refractivity contribution < 1.29 is 9.78 Å². The van der Waals surface area contributed by atoms with Gasteiger partial charge in [0.05, 0.1) is 5.25 Å². The maximum Gasteiger partial charge on any atom is 0.289 e. The van der Waals surface area contributed by atoms with Gasteiger partial charge in [-0.2, -0.15) is 10.5 Å². The van der Waals surface area contributed by atoms with Crippen LogP contribution in [-0.2, 0) is 4.79 Å². The molecule has 1 heterocycles. The lowest BCUT2D eigenvalue weighted by Gasteiger charge is -2.15. The van der Waals surface area contributed by atoms with Crippen LogP contribution in [0.4, 0.5) is 5.82 Å². The summed E-state index contributed by atoms with van der Waals surface area (Å²) in [5.74, 6) is 0.157. The van der Waals surface area contributed by atoms with Crippen LogP contribution in [0.25, 0.3) is 0 Å². The summed E-state index contributed by atoms with van der Waals surface area (Å²) in [7, 11) is 0. The highest BCUT2D eigenvalue weighted by Gasteiger charge is 2.24. The smallest absolute Gasteiger partial charge is 0.289 e. The molecule has 1 saturated carbocycles. The van der Waals surface area contributed by atoms with E-state index in [2.05, 4.69) is 10.3 Å². The molecule has 1 atom stereocenters. The summed E-state index contributed by atoms with van der Waals surface area (Å²) in [4.78, 5) is 15.0. The predicted octanol–water partition coefficient (Wildman–Crippen LogP) is 1.37. The van der Waals surface area contributed by atoms with E-state index in [-0.39, 0.29) is 28.6 Å². The number of anilines is 1. The van der Waals surface area contributed by atoms with Gasteiger partial charge in [0.25, 0.3) is 5.82 Å². The van der Waals surface area contributed by atoms with E-state index in [4.69, 9.17) is 11.0 Å². The first-order valence-electron chi connectivity index (χ1n) is 7.18. The van der Waals surface area contributed by atoms with E-state index < -0.39 is 0 Å². The number of aromatic amines is 1. The molecular formula is C15H18N5OS+. The van der Waals surface area contributed by atoms with Crippen LogP contribution in [0.3, 0.4) is 0 Å². The minimum Gasteiger partial charge on any atom is -0.352 e. The second-order valence-electron chi connectivity index (χ2n) is 5.31. The number of carbonyl (C=O) groups is 1. The Labute approximate surface area is 133 Å². The van der Waals surface area contributed by atoms with Crippen molar-refractivity contribution in [2.75, 3.05) is 5.73 Å². The largest absolute Gasteiger partial charge is 0.352 e. The van der Waals surface area contributed by atoms with Crippen LogP contribution >= 0.6 is 11.8 Å². The molecule has 6 nitrogen and oxygen atoms in total. The van der Waals surface area contributed by atoms with Gasteiger partial charge in [-0.3, -0.25) is 10.5 Å². The summed E-state index contributed by atoms with van der Waals surface area (Å²) in [6, 6.07) is 5.66. The first-order valence-corrected chi connectivity index (χ1v) is 8.06. The average molecular weight is 316 g/mol. The molecule has 0 aromatic carbocycles. The van der Waals surface area contributed by atoms with E-state index in [0.29, 0.717) is 10.6 Å². The van der Waals surface area contributed by atoms with Gasteiger partial charge in [-0.1, -0.05) is 24.6 Å². The van der Waals surface area contributed by atoms with Crippen molar-refractivity contribution in [1.29, 1.82) is 10.5 Å². The summed E-state index contributed by atoms with van der Waals surface area (Å²) in [6.07, 6.45) is 4.38. The lowest BCUT2D eigenvalue weighted by molar-refractivity contribution is -0.410. The summed E-state index contributed by atoms with van der Waals surface area (Å²) in [6.45, 7) is 1.79. The van der Waals surface area contributed by atoms with Gasteiger partial charge >= 0.3 is 0 Å². The Morgan fingerprint density at radius 3 is 2.64 bits per heavy atom. The Balaban J connectivity index is 2.09. The minimum atomic E-state index is -0.351. The van der Waals surface area contributed by atoms with Gasteiger partial charge in [0.15, 0.2) is 5.03 Å². The lowest BCUT2D eigenvalue weighted by Crippen LogP contribution is -2.38. The van der Waals surface area contributed by atoms with Gasteiger partial charge < -0.3 is 5.32 Å². The van der Waals surface area contributed by atoms with E-state index >= 15 is 0 Å². The first-order chi connectivity index (χ1) is 10.5. The molecule has 0 spiro atoms. The fraction of sp³-hybridized carbons (Fsp3) is 0.467. The zero-order chi connectivity index (χ0) is 16.1. The summed E-state index contributed by atoms with van der Waals surface area (Å²) in [5.41, 5.74) is 6.28. The van der Waals surface area contributed by atoms with E-state index in [1.165, 1.54) is 17.8 Å². The number of nitrogens with two attached hydrogens (primary N) is 1. The molecule has 1 fully saturated rings. The SMILES string of the molecule is C[C@H](Sc1[nH+]c(N)c(C#N)cc1C#N)C(=O)NC1CCCC1. The number of amides is 1. The Kier molecular flexibility index (Phi) is 5.24. The monoisotopic (exact) mass is 316 g/mol. The highest BCUT2D eigenvalue weighted by Crippen LogP contribution is 2.25. The Bertz CT molecular complexity index is 655.